The average Bonchev–Trinajstić information content (AvgIpc) is 2.38. The summed E-state index contributed by atoms with van der Waals surface area (Å²) in [6, 6.07) is 4.79. The van der Waals surface area contributed by atoms with Gasteiger partial charge in [0.25, 0.3) is 0 Å². The first-order chi connectivity index (χ1) is 9.06. The highest BCUT2D eigenvalue weighted by Crippen LogP contribution is 2.34. The van der Waals surface area contributed by atoms with Gasteiger partial charge in [-0.05, 0) is 30.9 Å². The van der Waals surface area contributed by atoms with Crippen LogP contribution in [-0.2, 0) is 6.54 Å². The number of benzene rings is 1. The first-order valence-corrected chi connectivity index (χ1v) is 7.71. The minimum absolute atomic E-state index is 0.0785. The Kier molecular flexibility index (Phi) is 5.10. The smallest absolute Gasteiger partial charge is 0.129 e. The maximum absolute atomic E-state index is 13.8. The van der Waals surface area contributed by atoms with Gasteiger partial charge in [0.05, 0.1) is 0 Å². The molecule has 1 N–H and O–H groups in total. The predicted molar refractivity (Wildman–Crippen MR) is 79.3 cm³/mol. The van der Waals surface area contributed by atoms with Crippen LogP contribution in [0.25, 0.3) is 0 Å². The molecule has 0 radical (unpaired) electrons. The summed E-state index contributed by atoms with van der Waals surface area (Å²) in [6.45, 7) is 2.68. The van der Waals surface area contributed by atoms with Gasteiger partial charge < -0.3 is 5.32 Å². The highest BCUT2D eigenvalue weighted by atomic mass is 35.5. The van der Waals surface area contributed by atoms with E-state index in [-0.39, 0.29) is 11.4 Å². The lowest BCUT2D eigenvalue weighted by Crippen LogP contribution is -2.49. The standard InChI is InChI=1S/C15H20Cl2FN/c1-11-4-3-7-15(8-11,10-16)19-9-12-13(17)5-2-6-14(12)18/h2,5-6,11,19H,3-4,7-10H2,1H3. The molecule has 0 aliphatic heterocycles. The van der Waals surface area contributed by atoms with E-state index in [1.165, 1.54) is 18.9 Å². The molecule has 0 amide bonds. The summed E-state index contributed by atoms with van der Waals surface area (Å²) in [5.74, 6) is 0.966. The third-order valence-electron chi connectivity index (χ3n) is 4.05. The first kappa shape index (κ1) is 15.1. The van der Waals surface area contributed by atoms with Crippen LogP contribution in [0.15, 0.2) is 18.2 Å². The number of alkyl halides is 1. The SMILES string of the molecule is CC1CCCC(CCl)(NCc2c(F)cccc2Cl)C1. The number of hydrogen-bond donors (Lipinski definition) is 1. The van der Waals surface area contributed by atoms with Crippen molar-refractivity contribution >= 4 is 23.2 Å². The van der Waals surface area contributed by atoms with Crippen LogP contribution in [0.4, 0.5) is 4.39 Å². The van der Waals surface area contributed by atoms with Crippen LogP contribution in [0.2, 0.25) is 5.02 Å². The van der Waals surface area contributed by atoms with Gasteiger partial charge in [-0.2, -0.15) is 0 Å². The van der Waals surface area contributed by atoms with Crippen LogP contribution in [0.5, 0.6) is 0 Å². The van der Waals surface area contributed by atoms with Gasteiger partial charge >= 0.3 is 0 Å². The number of halogens is 3. The van der Waals surface area contributed by atoms with Crippen molar-refractivity contribution in [3.05, 3.63) is 34.6 Å². The van der Waals surface area contributed by atoms with Crippen LogP contribution >= 0.6 is 23.2 Å². The molecule has 0 aromatic heterocycles. The van der Waals surface area contributed by atoms with Crippen LogP contribution < -0.4 is 5.32 Å². The van der Waals surface area contributed by atoms with Crippen LogP contribution in [0.3, 0.4) is 0 Å². The first-order valence-electron chi connectivity index (χ1n) is 6.80. The van der Waals surface area contributed by atoms with Gasteiger partial charge in [0.1, 0.15) is 5.82 Å². The Morgan fingerprint density at radius 3 is 2.89 bits per heavy atom. The molecule has 2 rings (SSSR count). The summed E-state index contributed by atoms with van der Waals surface area (Å²) in [4.78, 5) is 0. The largest absolute Gasteiger partial charge is 0.306 e. The van der Waals surface area contributed by atoms with E-state index >= 15 is 0 Å². The van der Waals surface area contributed by atoms with Gasteiger partial charge in [-0.3, -0.25) is 0 Å². The fraction of sp³-hybridized carbons (Fsp3) is 0.600. The fourth-order valence-electron chi connectivity index (χ4n) is 2.97. The zero-order valence-corrected chi connectivity index (χ0v) is 12.7. The molecular weight excluding hydrogens is 284 g/mol. The Labute approximate surface area is 124 Å². The van der Waals surface area contributed by atoms with E-state index in [1.54, 1.807) is 12.1 Å². The number of rotatable bonds is 4. The predicted octanol–water partition coefficient (Wildman–Crippen LogP) is 4.76. The molecule has 1 aliphatic rings. The van der Waals surface area contributed by atoms with E-state index in [1.807, 2.05) is 0 Å². The van der Waals surface area contributed by atoms with Crippen LogP contribution in [-0.4, -0.2) is 11.4 Å². The van der Waals surface area contributed by atoms with Crippen molar-refractivity contribution in [2.45, 2.75) is 44.7 Å². The van der Waals surface area contributed by atoms with Crippen molar-refractivity contribution < 1.29 is 4.39 Å². The van der Waals surface area contributed by atoms with Crippen molar-refractivity contribution in [3.63, 3.8) is 0 Å². The van der Waals surface area contributed by atoms with E-state index in [2.05, 4.69) is 12.2 Å². The molecule has 19 heavy (non-hydrogen) atoms. The van der Waals surface area contributed by atoms with Crippen molar-refractivity contribution in [3.8, 4) is 0 Å². The molecule has 0 bridgehead atoms. The zero-order valence-electron chi connectivity index (χ0n) is 11.2. The van der Waals surface area contributed by atoms with Gasteiger partial charge in [-0.15, -0.1) is 11.6 Å². The summed E-state index contributed by atoms with van der Waals surface area (Å²) in [5.41, 5.74) is 0.456. The Balaban J connectivity index is 2.07. The van der Waals surface area contributed by atoms with E-state index in [4.69, 9.17) is 23.2 Å². The lowest BCUT2D eigenvalue weighted by Gasteiger charge is -2.39. The molecule has 0 heterocycles. The topological polar surface area (TPSA) is 12.0 Å². The fourth-order valence-corrected chi connectivity index (χ4v) is 3.53. The zero-order chi connectivity index (χ0) is 13.9. The molecule has 106 valence electrons. The summed E-state index contributed by atoms with van der Waals surface area (Å²) in [5, 5.41) is 3.93. The Hall–Kier alpha value is -0.310. The average molecular weight is 304 g/mol. The van der Waals surface area contributed by atoms with Gasteiger partial charge in [-0.1, -0.05) is 37.4 Å². The highest BCUT2D eigenvalue weighted by molar-refractivity contribution is 6.31. The van der Waals surface area contributed by atoms with Gasteiger partial charge in [-0.25, -0.2) is 4.39 Å². The van der Waals surface area contributed by atoms with Crippen molar-refractivity contribution in [2.75, 3.05) is 5.88 Å². The second-order valence-corrected chi connectivity index (χ2v) is 6.34. The Bertz CT molecular complexity index is 418. The van der Waals surface area contributed by atoms with Crippen molar-refractivity contribution in [2.24, 2.45) is 5.92 Å². The minimum Gasteiger partial charge on any atom is -0.306 e. The van der Waals surface area contributed by atoms with Gasteiger partial charge in [0.15, 0.2) is 0 Å². The summed E-state index contributed by atoms with van der Waals surface area (Å²) in [6.07, 6.45) is 4.52. The maximum atomic E-state index is 13.8. The molecular formula is C15H20Cl2FN. The van der Waals surface area contributed by atoms with E-state index < -0.39 is 0 Å². The summed E-state index contributed by atoms with van der Waals surface area (Å²) in [7, 11) is 0. The van der Waals surface area contributed by atoms with Crippen molar-refractivity contribution in [1.29, 1.82) is 0 Å². The molecule has 1 aliphatic carbocycles. The molecule has 2 atom stereocenters. The molecule has 1 nitrogen and oxygen atoms in total. The molecule has 1 aromatic carbocycles. The van der Waals surface area contributed by atoms with Crippen LogP contribution in [0.1, 0.15) is 38.2 Å². The minimum atomic E-state index is -0.256. The second kappa shape index (κ2) is 6.43. The molecule has 1 saturated carbocycles. The molecule has 1 fully saturated rings. The summed E-state index contributed by atoms with van der Waals surface area (Å²) >= 11 is 12.2. The van der Waals surface area contributed by atoms with Gasteiger partial charge in [0.2, 0.25) is 0 Å². The van der Waals surface area contributed by atoms with E-state index in [0.29, 0.717) is 28.9 Å². The van der Waals surface area contributed by atoms with Gasteiger partial charge in [0, 0.05) is 28.5 Å². The Morgan fingerprint density at radius 1 is 1.47 bits per heavy atom. The number of hydrogen-bond acceptors (Lipinski definition) is 1. The second-order valence-electron chi connectivity index (χ2n) is 5.67. The molecule has 1 aromatic rings. The lowest BCUT2D eigenvalue weighted by molar-refractivity contribution is 0.207. The molecule has 4 heteroatoms. The van der Waals surface area contributed by atoms with Crippen molar-refractivity contribution in [1.82, 2.24) is 5.32 Å². The Morgan fingerprint density at radius 2 is 2.26 bits per heavy atom. The van der Waals surface area contributed by atoms with E-state index in [9.17, 15) is 4.39 Å². The molecule has 0 spiro atoms. The quantitative estimate of drug-likeness (QED) is 0.791. The molecule has 2 unspecified atom stereocenters. The van der Waals surface area contributed by atoms with Crippen LogP contribution in [0, 0.1) is 11.7 Å². The lowest BCUT2D eigenvalue weighted by atomic mass is 9.77. The monoisotopic (exact) mass is 303 g/mol. The third kappa shape index (κ3) is 3.62. The van der Waals surface area contributed by atoms with E-state index in [0.717, 1.165) is 12.8 Å². The molecule has 0 saturated heterocycles. The maximum Gasteiger partial charge on any atom is 0.129 e. The third-order valence-corrected chi connectivity index (χ3v) is 4.91. The summed E-state index contributed by atoms with van der Waals surface area (Å²) < 4.78 is 13.8. The normalized spacial score (nSPS) is 27.5. The highest BCUT2D eigenvalue weighted by Gasteiger charge is 2.33. The number of nitrogens with one attached hydrogen (secondary N) is 1.